The Hall–Kier alpha value is -2.90. The third kappa shape index (κ3) is 6.04. The second-order valence-corrected chi connectivity index (χ2v) is 6.96. The second kappa shape index (κ2) is 10.6. The maximum atomic E-state index is 12.9. The van der Waals surface area contributed by atoms with E-state index in [2.05, 4.69) is 5.32 Å². The smallest absolute Gasteiger partial charge is 0.321 e. The highest BCUT2D eigenvalue weighted by atomic mass is 16.5. The predicted octanol–water partition coefficient (Wildman–Crippen LogP) is 2.54. The first kappa shape index (κ1) is 20.8. The molecule has 29 heavy (non-hydrogen) atoms. The number of benzene rings is 2. The van der Waals surface area contributed by atoms with Crippen LogP contribution in [0.25, 0.3) is 0 Å². The van der Waals surface area contributed by atoms with Crippen LogP contribution in [0.5, 0.6) is 0 Å². The Kier molecular flexibility index (Phi) is 7.61. The van der Waals surface area contributed by atoms with Crippen molar-refractivity contribution in [2.45, 2.75) is 13.0 Å². The summed E-state index contributed by atoms with van der Waals surface area (Å²) in [5.74, 6) is -0.0104. The van der Waals surface area contributed by atoms with Gasteiger partial charge in [-0.3, -0.25) is 4.79 Å². The molecule has 1 fully saturated rings. The first-order valence-corrected chi connectivity index (χ1v) is 9.94. The molecule has 0 bridgehead atoms. The molecule has 7 heteroatoms. The van der Waals surface area contributed by atoms with Crippen LogP contribution >= 0.6 is 0 Å². The maximum Gasteiger partial charge on any atom is 0.321 e. The minimum Gasteiger partial charge on any atom is -0.378 e. The minimum absolute atomic E-state index is 0.0104. The number of urea groups is 1. The van der Waals surface area contributed by atoms with E-state index in [0.29, 0.717) is 51.5 Å². The van der Waals surface area contributed by atoms with Gasteiger partial charge in [-0.2, -0.15) is 0 Å². The van der Waals surface area contributed by atoms with Gasteiger partial charge < -0.3 is 25.6 Å². The Labute approximate surface area is 171 Å². The highest BCUT2D eigenvalue weighted by Gasteiger charge is 2.18. The highest BCUT2D eigenvalue weighted by molar-refractivity contribution is 5.94. The number of morpholine rings is 1. The predicted molar refractivity (Wildman–Crippen MR) is 113 cm³/mol. The number of rotatable bonds is 7. The molecule has 0 aromatic heterocycles. The monoisotopic (exact) mass is 396 g/mol. The molecule has 154 valence electrons. The molecule has 0 radical (unpaired) electrons. The zero-order chi connectivity index (χ0) is 20.5. The van der Waals surface area contributed by atoms with E-state index in [4.69, 9.17) is 10.5 Å². The molecule has 1 heterocycles. The lowest BCUT2D eigenvalue weighted by Crippen LogP contribution is -2.43. The first-order valence-electron chi connectivity index (χ1n) is 9.94. The highest BCUT2D eigenvalue weighted by Crippen LogP contribution is 2.15. The van der Waals surface area contributed by atoms with Gasteiger partial charge in [0.25, 0.3) is 5.91 Å². The van der Waals surface area contributed by atoms with Crippen LogP contribution in [0.3, 0.4) is 0 Å². The van der Waals surface area contributed by atoms with Crippen molar-refractivity contribution in [1.82, 2.24) is 9.80 Å². The van der Waals surface area contributed by atoms with E-state index in [9.17, 15) is 9.59 Å². The quantitative estimate of drug-likeness (QED) is 0.753. The normalized spacial score (nSPS) is 13.8. The second-order valence-electron chi connectivity index (χ2n) is 6.96. The summed E-state index contributed by atoms with van der Waals surface area (Å²) in [6, 6.07) is 16.7. The average Bonchev–Trinajstić information content (AvgIpc) is 2.78. The molecule has 3 rings (SSSR count). The third-order valence-electron chi connectivity index (χ3n) is 4.82. The summed E-state index contributed by atoms with van der Waals surface area (Å²) in [6.07, 6.45) is 0.742. The molecule has 1 aliphatic heterocycles. The molecule has 0 atom stereocenters. The number of ether oxygens (including phenoxy) is 1. The van der Waals surface area contributed by atoms with Gasteiger partial charge in [0.15, 0.2) is 0 Å². The lowest BCUT2D eigenvalue weighted by atomic mass is 10.1. The standard InChI is InChI=1S/C22H28N4O3/c23-11-4-12-26(21(27)19-5-2-1-3-6-19)17-18-7-9-20(10-8-18)24-22(28)25-13-15-29-16-14-25/h1-3,5-10H,4,11-17,23H2,(H,24,28). The number of carbonyl (C=O) groups excluding carboxylic acids is 2. The van der Waals surface area contributed by atoms with Gasteiger partial charge in [0.05, 0.1) is 13.2 Å². The Balaban J connectivity index is 1.62. The third-order valence-corrected chi connectivity index (χ3v) is 4.82. The van der Waals surface area contributed by atoms with Gasteiger partial charge in [-0.1, -0.05) is 30.3 Å². The number of amides is 3. The molecule has 0 saturated carbocycles. The number of nitrogens with zero attached hydrogens (tertiary/aromatic N) is 2. The fourth-order valence-corrected chi connectivity index (χ4v) is 3.18. The fourth-order valence-electron chi connectivity index (χ4n) is 3.18. The molecule has 3 N–H and O–H groups in total. The van der Waals surface area contributed by atoms with Gasteiger partial charge in [-0.05, 0) is 42.8 Å². The zero-order valence-electron chi connectivity index (χ0n) is 16.5. The van der Waals surface area contributed by atoms with Gasteiger partial charge in [0.1, 0.15) is 0 Å². The van der Waals surface area contributed by atoms with Gasteiger partial charge >= 0.3 is 6.03 Å². The Morgan fingerprint density at radius 1 is 1.03 bits per heavy atom. The minimum atomic E-state index is -0.120. The Bertz CT molecular complexity index is 789. The van der Waals surface area contributed by atoms with Crippen molar-refractivity contribution < 1.29 is 14.3 Å². The van der Waals surface area contributed by atoms with Crippen LogP contribution in [0.15, 0.2) is 54.6 Å². The van der Waals surface area contributed by atoms with E-state index in [0.717, 1.165) is 17.7 Å². The van der Waals surface area contributed by atoms with Gasteiger partial charge in [0.2, 0.25) is 0 Å². The lowest BCUT2D eigenvalue weighted by molar-refractivity contribution is 0.0564. The van der Waals surface area contributed by atoms with Crippen molar-refractivity contribution in [2.75, 3.05) is 44.7 Å². The van der Waals surface area contributed by atoms with Crippen LogP contribution in [0.1, 0.15) is 22.3 Å². The Morgan fingerprint density at radius 3 is 2.38 bits per heavy atom. The summed E-state index contributed by atoms with van der Waals surface area (Å²) < 4.78 is 5.27. The first-order chi connectivity index (χ1) is 14.2. The lowest BCUT2D eigenvalue weighted by Gasteiger charge is -2.27. The summed E-state index contributed by atoms with van der Waals surface area (Å²) in [5.41, 5.74) is 8.04. The summed E-state index contributed by atoms with van der Waals surface area (Å²) in [5, 5.41) is 2.91. The number of nitrogens with one attached hydrogen (secondary N) is 1. The van der Waals surface area contributed by atoms with Crippen molar-refractivity contribution in [2.24, 2.45) is 5.73 Å². The molecular formula is C22H28N4O3. The van der Waals surface area contributed by atoms with Crippen molar-refractivity contribution in [1.29, 1.82) is 0 Å². The molecule has 7 nitrogen and oxygen atoms in total. The van der Waals surface area contributed by atoms with Gasteiger partial charge in [0, 0.05) is 37.4 Å². The molecule has 1 aliphatic rings. The molecular weight excluding hydrogens is 368 g/mol. The summed E-state index contributed by atoms with van der Waals surface area (Å²) in [6.45, 7) is 3.96. The van der Waals surface area contributed by atoms with Gasteiger partial charge in [-0.15, -0.1) is 0 Å². The average molecular weight is 396 g/mol. The van der Waals surface area contributed by atoms with E-state index in [1.165, 1.54) is 0 Å². The number of anilines is 1. The maximum absolute atomic E-state index is 12.9. The topological polar surface area (TPSA) is 87.9 Å². The van der Waals surface area contributed by atoms with Gasteiger partial charge in [-0.25, -0.2) is 4.79 Å². The number of hydrogen-bond donors (Lipinski definition) is 2. The number of nitrogens with two attached hydrogens (primary N) is 1. The summed E-state index contributed by atoms with van der Waals surface area (Å²) in [7, 11) is 0. The fraction of sp³-hybridized carbons (Fsp3) is 0.364. The van der Waals surface area contributed by atoms with E-state index in [1.807, 2.05) is 59.5 Å². The Morgan fingerprint density at radius 2 is 1.72 bits per heavy atom. The number of carbonyl (C=O) groups is 2. The van der Waals surface area contributed by atoms with Crippen molar-refractivity contribution in [3.05, 3.63) is 65.7 Å². The van der Waals surface area contributed by atoms with Crippen LogP contribution in [0, 0.1) is 0 Å². The van der Waals surface area contributed by atoms with E-state index in [-0.39, 0.29) is 11.9 Å². The largest absolute Gasteiger partial charge is 0.378 e. The molecule has 0 unspecified atom stereocenters. The molecule has 2 aromatic rings. The van der Waals surface area contributed by atoms with Crippen LogP contribution in [-0.2, 0) is 11.3 Å². The van der Waals surface area contributed by atoms with E-state index < -0.39 is 0 Å². The van der Waals surface area contributed by atoms with Crippen LogP contribution in [0.4, 0.5) is 10.5 Å². The van der Waals surface area contributed by atoms with Crippen LogP contribution < -0.4 is 11.1 Å². The van der Waals surface area contributed by atoms with Crippen LogP contribution in [0.2, 0.25) is 0 Å². The van der Waals surface area contributed by atoms with Crippen molar-refractivity contribution in [3.63, 3.8) is 0 Å². The van der Waals surface area contributed by atoms with E-state index >= 15 is 0 Å². The zero-order valence-corrected chi connectivity index (χ0v) is 16.5. The van der Waals surface area contributed by atoms with Crippen molar-refractivity contribution in [3.8, 4) is 0 Å². The molecule has 2 aromatic carbocycles. The molecule has 0 aliphatic carbocycles. The summed E-state index contributed by atoms with van der Waals surface area (Å²) in [4.78, 5) is 28.7. The molecule has 1 saturated heterocycles. The van der Waals surface area contributed by atoms with Crippen LogP contribution in [-0.4, -0.2) is 61.1 Å². The van der Waals surface area contributed by atoms with Crippen molar-refractivity contribution >= 4 is 17.6 Å². The summed E-state index contributed by atoms with van der Waals surface area (Å²) >= 11 is 0. The number of hydrogen-bond acceptors (Lipinski definition) is 4. The molecule has 3 amide bonds. The SMILES string of the molecule is NCCCN(Cc1ccc(NC(=O)N2CCOCC2)cc1)C(=O)c1ccccc1. The van der Waals surface area contributed by atoms with E-state index in [1.54, 1.807) is 4.90 Å². The molecule has 0 spiro atoms.